The number of nitrogens with zero attached hydrogens (tertiary/aromatic N) is 4. The van der Waals surface area contributed by atoms with Crippen molar-refractivity contribution in [1.82, 2.24) is 19.9 Å². The summed E-state index contributed by atoms with van der Waals surface area (Å²) in [6.45, 7) is 0.918. The number of hydrogen-bond donors (Lipinski definition) is 2. The lowest BCUT2D eigenvalue weighted by Crippen LogP contribution is -2.07. The second-order valence-electron chi connectivity index (χ2n) is 5.63. The molecule has 0 aliphatic heterocycles. The summed E-state index contributed by atoms with van der Waals surface area (Å²) in [6, 6.07) is 7.71. The first-order chi connectivity index (χ1) is 13.6. The largest absolute Gasteiger partial charge is 0.479 e. The average molecular weight is 388 g/mol. The monoisotopic (exact) mass is 388 g/mol. The molecule has 0 radical (unpaired) electrons. The maximum Gasteiger partial charge on any atom is 0.255 e. The van der Waals surface area contributed by atoms with Crippen molar-refractivity contribution in [1.29, 1.82) is 0 Å². The fourth-order valence-electron chi connectivity index (χ4n) is 2.30. The van der Waals surface area contributed by atoms with Crippen molar-refractivity contribution >= 4 is 11.9 Å². The highest BCUT2D eigenvalue weighted by Crippen LogP contribution is 2.16. The van der Waals surface area contributed by atoms with Gasteiger partial charge in [0.25, 0.3) is 11.8 Å². The van der Waals surface area contributed by atoms with E-state index in [4.69, 9.17) is 9.47 Å². The van der Waals surface area contributed by atoms with Crippen LogP contribution in [0.1, 0.15) is 11.1 Å². The van der Waals surface area contributed by atoms with E-state index in [1.54, 1.807) is 0 Å². The first-order valence-corrected chi connectivity index (χ1v) is 8.27. The quantitative estimate of drug-likeness (QED) is 0.608. The van der Waals surface area contributed by atoms with E-state index in [1.807, 2.05) is 24.3 Å². The van der Waals surface area contributed by atoms with Gasteiger partial charge in [-0.3, -0.25) is 0 Å². The molecule has 1 aromatic carbocycles. The number of ether oxygens (including phenoxy) is 2. The number of anilines is 2. The molecule has 3 aromatic rings. The Labute approximate surface area is 160 Å². The first kappa shape index (κ1) is 19.2. The molecule has 2 heterocycles. The van der Waals surface area contributed by atoms with E-state index >= 15 is 0 Å². The van der Waals surface area contributed by atoms with Crippen molar-refractivity contribution < 1.29 is 18.3 Å². The molecule has 0 saturated carbocycles. The maximum absolute atomic E-state index is 13.3. The van der Waals surface area contributed by atoms with E-state index in [0.29, 0.717) is 13.1 Å². The van der Waals surface area contributed by atoms with Crippen LogP contribution in [0, 0.1) is 11.6 Å². The number of aromatic nitrogens is 4. The van der Waals surface area contributed by atoms with E-state index in [2.05, 4.69) is 30.6 Å². The van der Waals surface area contributed by atoms with Gasteiger partial charge in [-0.15, -0.1) is 0 Å². The molecule has 2 N–H and O–H groups in total. The van der Waals surface area contributed by atoms with Crippen molar-refractivity contribution in [3.05, 3.63) is 59.4 Å². The highest BCUT2D eigenvalue weighted by molar-refractivity contribution is 5.34. The molecule has 8 nitrogen and oxygen atoms in total. The van der Waals surface area contributed by atoms with E-state index < -0.39 is 11.6 Å². The molecule has 0 bridgehead atoms. The van der Waals surface area contributed by atoms with Gasteiger partial charge in [0.2, 0.25) is 23.5 Å². The molecule has 146 valence electrons. The van der Waals surface area contributed by atoms with Gasteiger partial charge < -0.3 is 20.1 Å². The van der Waals surface area contributed by atoms with Crippen LogP contribution in [0.25, 0.3) is 0 Å². The van der Waals surface area contributed by atoms with Crippen LogP contribution in [-0.2, 0) is 13.1 Å². The third kappa shape index (κ3) is 4.78. The number of nitrogens with one attached hydrogen (secondary N) is 2. The van der Waals surface area contributed by atoms with Crippen LogP contribution in [0.15, 0.2) is 36.7 Å². The molecule has 0 aliphatic rings. The summed E-state index contributed by atoms with van der Waals surface area (Å²) in [7, 11) is 2.68. The van der Waals surface area contributed by atoms with E-state index in [1.165, 1.54) is 14.2 Å². The van der Waals surface area contributed by atoms with Gasteiger partial charge in [0.05, 0.1) is 26.6 Å². The fourth-order valence-corrected chi connectivity index (χ4v) is 2.30. The van der Waals surface area contributed by atoms with Gasteiger partial charge in [-0.25, -0.2) is 9.97 Å². The molecule has 0 unspecified atom stereocenters. The molecular weight excluding hydrogens is 370 g/mol. The van der Waals surface area contributed by atoms with Crippen molar-refractivity contribution in [3.63, 3.8) is 0 Å². The molecule has 2 aromatic heterocycles. The maximum atomic E-state index is 13.3. The average Bonchev–Trinajstić information content (AvgIpc) is 2.73. The number of benzene rings is 1. The number of halogens is 2. The summed E-state index contributed by atoms with van der Waals surface area (Å²) in [5.74, 6) is -0.921. The zero-order chi connectivity index (χ0) is 19.9. The molecule has 0 atom stereocenters. The summed E-state index contributed by atoms with van der Waals surface area (Å²) in [5, 5.41) is 6.01. The summed E-state index contributed by atoms with van der Waals surface area (Å²) in [6.07, 6.45) is 2.10. The zero-order valence-corrected chi connectivity index (χ0v) is 15.2. The predicted molar refractivity (Wildman–Crippen MR) is 98.2 cm³/mol. The van der Waals surface area contributed by atoms with Gasteiger partial charge in [-0.2, -0.15) is 18.7 Å². The third-order valence-corrected chi connectivity index (χ3v) is 3.73. The highest BCUT2D eigenvalue weighted by atomic mass is 19.1. The number of methoxy groups -OCH3 is 2. The molecule has 3 rings (SSSR count). The first-order valence-electron chi connectivity index (χ1n) is 8.27. The Bertz CT molecular complexity index is 863. The van der Waals surface area contributed by atoms with Crippen molar-refractivity contribution in [2.75, 3.05) is 24.9 Å². The van der Waals surface area contributed by atoms with Crippen LogP contribution >= 0.6 is 0 Å². The smallest absolute Gasteiger partial charge is 0.255 e. The second kappa shape index (κ2) is 8.89. The lowest BCUT2D eigenvalue weighted by Gasteiger charge is -2.09. The van der Waals surface area contributed by atoms with Crippen molar-refractivity contribution in [3.8, 4) is 11.8 Å². The minimum atomic E-state index is -0.618. The van der Waals surface area contributed by atoms with E-state index in [9.17, 15) is 8.78 Å². The summed E-state index contributed by atoms with van der Waals surface area (Å²) in [5.41, 5.74) is 1.96. The molecule has 10 heteroatoms. The van der Waals surface area contributed by atoms with Crippen LogP contribution in [0.5, 0.6) is 11.8 Å². The zero-order valence-electron chi connectivity index (χ0n) is 15.2. The molecule has 0 fully saturated rings. The van der Waals surface area contributed by atoms with Crippen molar-refractivity contribution in [2.24, 2.45) is 0 Å². The number of hydrogen-bond acceptors (Lipinski definition) is 8. The summed E-state index contributed by atoms with van der Waals surface area (Å²) in [4.78, 5) is 15.6. The molecule has 0 spiro atoms. The topological polar surface area (TPSA) is 94.1 Å². The molecular formula is C18H18F2N6O2. The molecule has 0 amide bonds. The lowest BCUT2D eigenvalue weighted by molar-refractivity contribution is 0.367. The Balaban J connectivity index is 1.55. The van der Waals surface area contributed by atoms with Gasteiger partial charge >= 0.3 is 0 Å². The van der Waals surface area contributed by atoms with Gasteiger partial charge in [0.15, 0.2) is 0 Å². The third-order valence-electron chi connectivity index (χ3n) is 3.73. The summed E-state index contributed by atoms with van der Waals surface area (Å²) >= 11 is 0. The Hall–Kier alpha value is -3.56. The second-order valence-corrected chi connectivity index (χ2v) is 5.63. The van der Waals surface area contributed by atoms with Crippen LogP contribution in [-0.4, -0.2) is 34.2 Å². The Morgan fingerprint density at radius 1 is 0.750 bits per heavy atom. The van der Waals surface area contributed by atoms with Gasteiger partial charge in [0, 0.05) is 13.1 Å². The van der Waals surface area contributed by atoms with Crippen LogP contribution in [0.4, 0.5) is 20.7 Å². The molecule has 28 heavy (non-hydrogen) atoms. The van der Waals surface area contributed by atoms with Gasteiger partial charge in [-0.1, -0.05) is 24.3 Å². The van der Waals surface area contributed by atoms with Crippen LogP contribution in [0.2, 0.25) is 0 Å². The Morgan fingerprint density at radius 3 is 1.50 bits per heavy atom. The SMILES string of the molecule is COc1nc(NCc2ccc(CNc3ncc(F)c(OC)n3)cc2)ncc1F. The predicted octanol–water partition coefficient (Wildman–Crippen LogP) is 2.79. The Kier molecular flexibility index (Phi) is 6.10. The fraction of sp³-hybridized carbons (Fsp3) is 0.222. The number of rotatable bonds is 8. The lowest BCUT2D eigenvalue weighted by atomic mass is 10.1. The van der Waals surface area contributed by atoms with Gasteiger partial charge in [0.1, 0.15) is 0 Å². The molecule has 0 aliphatic carbocycles. The van der Waals surface area contributed by atoms with E-state index in [-0.39, 0.29) is 23.7 Å². The Morgan fingerprint density at radius 2 is 1.14 bits per heavy atom. The van der Waals surface area contributed by atoms with Crippen LogP contribution < -0.4 is 20.1 Å². The normalized spacial score (nSPS) is 10.4. The molecule has 0 saturated heterocycles. The van der Waals surface area contributed by atoms with Gasteiger partial charge in [-0.05, 0) is 11.1 Å². The highest BCUT2D eigenvalue weighted by Gasteiger charge is 2.08. The van der Waals surface area contributed by atoms with Crippen molar-refractivity contribution in [2.45, 2.75) is 13.1 Å². The minimum Gasteiger partial charge on any atom is -0.479 e. The standard InChI is InChI=1S/C18H18F2N6O2/c1-27-15-13(19)9-23-17(25-15)21-7-11-3-5-12(6-4-11)8-22-18-24-10-14(20)16(26-18)28-2/h3-6,9-10H,7-8H2,1-2H3,(H,21,23,25)(H,22,24,26). The summed E-state index contributed by atoms with van der Waals surface area (Å²) < 4.78 is 36.3. The van der Waals surface area contributed by atoms with Crippen LogP contribution in [0.3, 0.4) is 0 Å². The van der Waals surface area contributed by atoms with E-state index in [0.717, 1.165) is 23.5 Å². The minimum absolute atomic E-state index is 0.112.